The van der Waals surface area contributed by atoms with Crippen LogP contribution in [0.25, 0.3) is 0 Å². The van der Waals surface area contributed by atoms with Gasteiger partial charge in [-0.3, -0.25) is 14.7 Å². The molecule has 0 spiro atoms. The van der Waals surface area contributed by atoms with Crippen LogP contribution in [-0.4, -0.2) is 61.6 Å². The Bertz CT molecular complexity index is 614. The van der Waals surface area contributed by atoms with Crippen molar-refractivity contribution in [2.75, 3.05) is 32.7 Å². The van der Waals surface area contributed by atoms with Gasteiger partial charge in [-0.1, -0.05) is 12.1 Å². The zero-order valence-electron chi connectivity index (χ0n) is 19.0. The largest absolute Gasteiger partial charge is 0.357 e. The SMILES string of the molecule is CCNC(=NCCCN(C(C)C)C(C)C)NCCNC(=O)Cc1ccc(F)cc1.I. The third kappa shape index (κ3) is 12.3. The van der Waals surface area contributed by atoms with E-state index in [1.807, 2.05) is 6.92 Å². The third-order valence-electron chi connectivity index (χ3n) is 4.53. The molecule has 0 saturated heterocycles. The first-order valence-corrected chi connectivity index (χ1v) is 10.6. The summed E-state index contributed by atoms with van der Waals surface area (Å²) >= 11 is 0. The van der Waals surface area contributed by atoms with E-state index in [1.54, 1.807) is 12.1 Å². The molecular formula is C22H39FIN5O. The molecule has 8 heteroatoms. The molecular weight excluding hydrogens is 496 g/mol. The number of amides is 1. The summed E-state index contributed by atoms with van der Waals surface area (Å²) in [7, 11) is 0. The molecule has 0 aliphatic heterocycles. The second-order valence-corrected chi connectivity index (χ2v) is 7.62. The summed E-state index contributed by atoms with van der Waals surface area (Å²) in [6.07, 6.45) is 1.25. The molecule has 30 heavy (non-hydrogen) atoms. The summed E-state index contributed by atoms with van der Waals surface area (Å²) in [5, 5.41) is 9.33. The predicted octanol–water partition coefficient (Wildman–Crippen LogP) is 3.17. The highest BCUT2D eigenvalue weighted by Crippen LogP contribution is 2.05. The number of benzene rings is 1. The summed E-state index contributed by atoms with van der Waals surface area (Å²) in [6, 6.07) is 7.05. The summed E-state index contributed by atoms with van der Waals surface area (Å²) < 4.78 is 12.9. The number of guanidine groups is 1. The zero-order chi connectivity index (χ0) is 21.6. The lowest BCUT2D eigenvalue weighted by Crippen LogP contribution is -2.42. The molecule has 0 bridgehead atoms. The Kier molecular flexibility index (Phi) is 15.5. The van der Waals surface area contributed by atoms with E-state index in [9.17, 15) is 9.18 Å². The third-order valence-corrected chi connectivity index (χ3v) is 4.53. The van der Waals surface area contributed by atoms with Crippen molar-refractivity contribution >= 4 is 35.8 Å². The number of hydrogen-bond acceptors (Lipinski definition) is 3. The van der Waals surface area contributed by atoms with Crippen LogP contribution in [0, 0.1) is 5.82 Å². The molecule has 0 unspecified atom stereocenters. The lowest BCUT2D eigenvalue weighted by atomic mass is 10.1. The van der Waals surface area contributed by atoms with E-state index in [-0.39, 0.29) is 42.1 Å². The number of rotatable bonds is 12. The molecule has 0 radical (unpaired) electrons. The fraction of sp³-hybridized carbons (Fsp3) is 0.636. The summed E-state index contributed by atoms with van der Waals surface area (Å²) in [5.74, 6) is 0.387. The van der Waals surface area contributed by atoms with Crippen molar-refractivity contribution in [2.24, 2.45) is 4.99 Å². The number of halogens is 2. The van der Waals surface area contributed by atoms with Crippen LogP contribution >= 0.6 is 24.0 Å². The van der Waals surface area contributed by atoms with E-state index in [1.165, 1.54) is 12.1 Å². The average Bonchev–Trinajstić information content (AvgIpc) is 2.66. The van der Waals surface area contributed by atoms with Gasteiger partial charge >= 0.3 is 0 Å². The number of carbonyl (C=O) groups is 1. The van der Waals surface area contributed by atoms with Crippen LogP contribution in [0.15, 0.2) is 29.3 Å². The van der Waals surface area contributed by atoms with E-state index in [2.05, 4.69) is 53.5 Å². The standard InChI is InChI=1S/C22H38FN5O.HI/c1-6-24-22(26-12-7-15-28(17(2)3)18(4)5)27-14-13-25-21(29)16-19-8-10-20(23)11-9-19;/h8-11,17-18H,6-7,12-16H2,1-5H3,(H,25,29)(H2,24,26,27);1H. The first-order chi connectivity index (χ1) is 13.8. The van der Waals surface area contributed by atoms with E-state index in [0.717, 1.165) is 37.6 Å². The first kappa shape index (κ1) is 28.6. The van der Waals surface area contributed by atoms with Crippen LogP contribution in [0.2, 0.25) is 0 Å². The van der Waals surface area contributed by atoms with Crippen LogP contribution in [0.4, 0.5) is 4.39 Å². The second-order valence-electron chi connectivity index (χ2n) is 7.62. The topological polar surface area (TPSA) is 68.8 Å². The van der Waals surface area contributed by atoms with Crippen LogP contribution < -0.4 is 16.0 Å². The number of carbonyl (C=O) groups excluding carboxylic acids is 1. The second kappa shape index (κ2) is 16.3. The Morgan fingerprint density at radius 1 is 1.03 bits per heavy atom. The minimum absolute atomic E-state index is 0. The highest BCUT2D eigenvalue weighted by atomic mass is 127. The van der Waals surface area contributed by atoms with Crippen LogP contribution in [0.1, 0.15) is 46.6 Å². The van der Waals surface area contributed by atoms with Gasteiger partial charge < -0.3 is 16.0 Å². The Morgan fingerprint density at radius 3 is 2.20 bits per heavy atom. The van der Waals surface area contributed by atoms with Crippen LogP contribution in [-0.2, 0) is 11.2 Å². The summed E-state index contributed by atoms with van der Waals surface area (Å²) in [6.45, 7) is 14.6. The molecule has 0 atom stereocenters. The highest BCUT2D eigenvalue weighted by Gasteiger charge is 2.12. The molecule has 1 aromatic carbocycles. The molecule has 1 rings (SSSR count). The Labute approximate surface area is 198 Å². The van der Waals surface area contributed by atoms with Crippen molar-refractivity contribution in [1.29, 1.82) is 0 Å². The van der Waals surface area contributed by atoms with E-state index < -0.39 is 0 Å². The maximum Gasteiger partial charge on any atom is 0.224 e. The molecule has 0 heterocycles. The van der Waals surface area contributed by atoms with Crippen LogP contribution in [0.5, 0.6) is 0 Å². The van der Waals surface area contributed by atoms with Crippen molar-refractivity contribution in [3.05, 3.63) is 35.6 Å². The minimum Gasteiger partial charge on any atom is -0.357 e. The molecule has 1 amide bonds. The summed E-state index contributed by atoms with van der Waals surface area (Å²) in [5.41, 5.74) is 0.795. The summed E-state index contributed by atoms with van der Waals surface area (Å²) in [4.78, 5) is 19.1. The Hall–Kier alpha value is -1.42. The van der Waals surface area contributed by atoms with Gasteiger partial charge in [-0.15, -0.1) is 24.0 Å². The van der Waals surface area contributed by atoms with Crippen molar-refractivity contribution in [3.63, 3.8) is 0 Å². The smallest absolute Gasteiger partial charge is 0.224 e. The monoisotopic (exact) mass is 535 g/mol. The number of nitrogens with zero attached hydrogens (tertiary/aromatic N) is 2. The van der Waals surface area contributed by atoms with Crippen LogP contribution in [0.3, 0.4) is 0 Å². The lowest BCUT2D eigenvalue weighted by Gasteiger charge is -2.30. The van der Waals surface area contributed by atoms with E-state index >= 15 is 0 Å². The van der Waals surface area contributed by atoms with Crippen molar-refractivity contribution in [3.8, 4) is 0 Å². The molecule has 1 aromatic rings. The molecule has 3 N–H and O–H groups in total. The molecule has 0 saturated carbocycles. The van der Waals surface area contributed by atoms with Gasteiger partial charge in [-0.05, 0) is 58.7 Å². The average molecular weight is 535 g/mol. The zero-order valence-corrected chi connectivity index (χ0v) is 21.3. The number of hydrogen-bond donors (Lipinski definition) is 3. The molecule has 0 aromatic heterocycles. The minimum atomic E-state index is -0.297. The van der Waals surface area contributed by atoms with Crippen molar-refractivity contribution < 1.29 is 9.18 Å². The highest BCUT2D eigenvalue weighted by molar-refractivity contribution is 14.0. The normalized spacial score (nSPS) is 11.6. The maximum atomic E-state index is 12.9. The van der Waals surface area contributed by atoms with Gasteiger partial charge in [-0.25, -0.2) is 4.39 Å². The number of nitrogens with one attached hydrogen (secondary N) is 3. The van der Waals surface area contributed by atoms with Gasteiger partial charge in [-0.2, -0.15) is 0 Å². The Morgan fingerprint density at radius 2 is 1.63 bits per heavy atom. The van der Waals surface area contributed by atoms with E-state index in [0.29, 0.717) is 25.2 Å². The van der Waals surface area contributed by atoms with E-state index in [4.69, 9.17) is 0 Å². The van der Waals surface area contributed by atoms with Gasteiger partial charge in [0.1, 0.15) is 5.82 Å². The molecule has 0 aliphatic rings. The van der Waals surface area contributed by atoms with Gasteiger partial charge in [0.05, 0.1) is 6.42 Å². The lowest BCUT2D eigenvalue weighted by molar-refractivity contribution is -0.120. The fourth-order valence-corrected chi connectivity index (χ4v) is 3.13. The van der Waals surface area contributed by atoms with Gasteiger partial charge in [0.2, 0.25) is 5.91 Å². The maximum absolute atomic E-state index is 12.9. The quantitative estimate of drug-likeness (QED) is 0.167. The fourth-order valence-electron chi connectivity index (χ4n) is 3.13. The Balaban J connectivity index is 0.00000841. The molecule has 0 aliphatic carbocycles. The molecule has 0 fully saturated rings. The van der Waals surface area contributed by atoms with Gasteiger partial charge in [0.25, 0.3) is 0 Å². The molecule has 6 nitrogen and oxygen atoms in total. The van der Waals surface area contributed by atoms with Crippen molar-refractivity contribution in [1.82, 2.24) is 20.9 Å². The first-order valence-electron chi connectivity index (χ1n) is 10.6. The predicted molar refractivity (Wildman–Crippen MR) is 134 cm³/mol. The molecule has 172 valence electrons. The van der Waals surface area contributed by atoms with Crippen molar-refractivity contribution in [2.45, 2.75) is 59.5 Å². The van der Waals surface area contributed by atoms with Gasteiger partial charge in [0.15, 0.2) is 5.96 Å². The van der Waals surface area contributed by atoms with Gasteiger partial charge in [0, 0.05) is 44.8 Å². The number of aliphatic imine (C=N–C) groups is 1.